The Bertz CT molecular complexity index is 832. The van der Waals surface area contributed by atoms with Gasteiger partial charge in [0.15, 0.2) is 0 Å². The maximum atomic E-state index is 11.8. The number of aliphatic hydroxyl groups is 1. The number of methoxy groups -OCH3 is 1. The van der Waals surface area contributed by atoms with Crippen LogP contribution in [0.3, 0.4) is 0 Å². The summed E-state index contributed by atoms with van der Waals surface area (Å²) in [6, 6.07) is 8.38. The van der Waals surface area contributed by atoms with Gasteiger partial charge >= 0.3 is 0 Å². The number of rotatable bonds is 4. The second-order valence-corrected chi connectivity index (χ2v) is 8.74. The molecule has 2 bridgehead atoms. The summed E-state index contributed by atoms with van der Waals surface area (Å²) in [5.74, 6) is 1.45. The minimum atomic E-state index is -0.784. The van der Waals surface area contributed by atoms with Crippen LogP contribution in [0, 0.1) is 32.6 Å². The zero-order valence-corrected chi connectivity index (χ0v) is 17.5. The minimum absolute atomic E-state index is 0.245. The fraction of sp³-hybridized carbons (Fsp3) is 0.542. The van der Waals surface area contributed by atoms with Gasteiger partial charge in [-0.1, -0.05) is 18.6 Å². The number of hydrogen-bond donors (Lipinski definition) is 1. The molecule has 2 aliphatic rings. The van der Waals surface area contributed by atoms with Crippen molar-refractivity contribution in [1.29, 1.82) is 0 Å². The summed E-state index contributed by atoms with van der Waals surface area (Å²) >= 11 is 0. The lowest BCUT2D eigenvalue weighted by Crippen LogP contribution is -2.58. The van der Waals surface area contributed by atoms with Crippen LogP contribution in [-0.4, -0.2) is 35.2 Å². The summed E-state index contributed by atoms with van der Waals surface area (Å²) < 4.78 is 5.46. The summed E-state index contributed by atoms with van der Waals surface area (Å²) in [6.45, 7) is 9.14. The van der Waals surface area contributed by atoms with Crippen molar-refractivity contribution in [2.75, 3.05) is 20.2 Å². The standard InChI is InChI=1S/C24H32N2O2/c1-16-8-11-23(25-12-16)24(27)20-6-5-7-21(24)15-26(14-20)13-19-9-10-22(28-4)18(3)17(19)2/h8-12,20-21,27H,5-7,13-15H2,1-4H3. The fourth-order valence-corrected chi connectivity index (χ4v) is 5.28. The van der Waals surface area contributed by atoms with Crippen LogP contribution in [0.25, 0.3) is 0 Å². The maximum absolute atomic E-state index is 11.8. The summed E-state index contributed by atoms with van der Waals surface area (Å²) in [6.07, 6.45) is 5.23. The van der Waals surface area contributed by atoms with E-state index in [1.165, 1.54) is 23.1 Å². The molecule has 2 fully saturated rings. The highest BCUT2D eigenvalue weighted by Crippen LogP contribution is 2.48. The minimum Gasteiger partial charge on any atom is -0.496 e. The van der Waals surface area contributed by atoms with E-state index in [4.69, 9.17) is 4.74 Å². The smallest absolute Gasteiger partial charge is 0.122 e. The first-order valence-electron chi connectivity index (χ1n) is 10.4. The molecule has 1 saturated heterocycles. The average molecular weight is 381 g/mol. The number of nitrogens with zero attached hydrogens (tertiary/aromatic N) is 2. The lowest BCUT2D eigenvalue weighted by molar-refractivity contribution is -0.151. The predicted molar refractivity (Wildman–Crippen MR) is 111 cm³/mol. The van der Waals surface area contributed by atoms with Gasteiger partial charge in [0.05, 0.1) is 12.8 Å². The highest BCUT2D eigenvalue weighted by molar-refractivity contribution is 5.43. The van der Waals surface area contributed by atoms with Crippen LogP contribution in [0.4, 0.5) is 0 Å². The lowest BCUT2D eigenvalue weighted by atomic mass is 9.64. The number of benzene rings is 1. The third-order valence-electron chi connectivity index (χ3n) is 7.09. The third-order valence-corrected chi connectivity index (χ3v) is 7.09. The van der Waals surface area contributed by atoms with E-state index in [0.29, 0.717) is 0 Å². The molecule has 0 radical (unpaired) electrons. The monoisotopic (exact) mass is 380 g/mol. The fourth-order valence-electron chi connectivity index (χ4n) is 5.28. The van der Waals surface area contributed by atoms with Gasteiger partial charge in [0.2, 0.25) is 0 Å². The predicted octanol–water partition coefficient (Wildman–Crippen LogP) is 4.14. The molecule has 2 atom stereocenters. The number of piperidine rings is 1. The van der Waals surface area contributed by atoms with Crippen LogP contribution in [-0.2, 0) is 12.1 Å². The highest BCUT2D eigenvalue weighted by atomic mass is 16.5. The molecular weight excluding hydrogens is 348 g/mol. The first-order chi connectivity index (χ1) is 13.4. The largest absolute Gasteiger partial charge is 0.496 e. The number of ether oxygens (including phenoxy) is 1. The normalized spacial score (nSPS) is 27.6. The van der Waals surface area contributed by atoms with Gasteiger partial charge in [-0.25, -0.2) is 0 Å². The van der Waals surface area contributed by atoms with Gasteiger partial charge in [0.25, 0.3) is 0 Å². The van der Waals surface area contributed by atoms with Gasteiger partial charge in [-0.15, -0.1) is 0 Å². The van der Waals surface area contributed by atoms with Crippen molar-refractivity contribution in [2.45, 2.75) is 52.2 Å². The van der Waals surface area contributed by atoms with Gasteiger partial charge in [-0.2, -0.15) is 0 Å². The molecule has 4 heteroatoms. The molecule has 28 heavy (non-hydrogen) atoms. The van der Waals surface area contributed by atoms with E-state index in [0.717, 1.165) is 49.5 Å². The van der Waals surface area contributed by atoms with Crippen LogP contribution in [0.2, 0.25) is 0 Å². The SMILES string of the molecule is COc1ccc(CN2CC3CCCC(C2)C3(O)c2ccc(C)cn2)c(C)c1C. The molecule has 4 rings (SSSR count). The van der Waals surface area contributed by atoms with Gasteiger partial charge in [0, 0.05) is 37.7 Å². The lowest BCUT2D eigenvalue weighted by Gasteiger charge is -2.52. The van der Waals surface area contributed by atoms with Crippen LogP contribution in [0.5, 0.6) is 5.75 Å². The first kappa shape index (κ1) is 19.4. The molecule has 1 aromatic heterocycles. The summed E-state index contributed by atoms with van der Waals surface area (Å²) in [7, 11) is 1.73. The highest BCUT2D eigenvalue weighted by Gasteiger charge is 2.52. The molecule has 1 aliphatic carbocycles. The summed E-state index contributed by atoms with van der Waals surface area (Å²) in [5, 5.41) is 11.8. The Balaban J connectivity index is 1.57. The molecule has 1 aliphatic heterocycles. The zero-order chi connectivity index (χ0) is 19.9. The molecule has 1 aromatic carbocycles. The molecule has 1 N–H and O–H groups in total. The molecule has 4 nitrogen and oxygen atoms in total. The van der Waals surface area contributed by atoms with Crippen molar-refractivity contribution in [3.8, 4) is 5.75 Å². The van der Waals surface area contributed by atoms with E-state index in [-0.39, 0.29) is 11.8 Å². The van der Waals surface area contributed by atoms with Crippen molar-refractivity contribution >= 4 is 0 Å². The third kappa shape index (κ3) is 3.23. The number of likely N-dealkylation sites (tertiary alicyclic amines) is 1. The van der Waals surface area contributed by atoms with E-state index in [2.05, 4.69) is 41.9 Å². The van der Waals surface area contributed by atoms with Crippen LogP contribution in [0.15, 0.2) is 30.5 Å². The van der Waals surface area contributed by atoms with Crippen LogP contribution < -0.4 is 4.74 Å². The molecule has 1 saturated carbocycles. The summed E-state index contributed by atoms with van der Waals surface area (Å²) in [5.41, 5.74) is 5.11. The van der Waals surface area contributed by atoms with Gasteiger partial charge < -0.3 is 9.84 Å². The second kappa shape index (κ2) is 7.49. The van der Waals surface area contributed by atoms with Crippen molar-refractivity contribution in [2.24, 2.45) is 11.8 Å². The maximum Gasteiger partial charge on any atom is 0.122 e. The number of pyridine rings is 1. The Morgan fingerprint density at radius 1 is 1.07 bits per heavy atom. The average Bonchev–Trinajstić information content (AvgIpc) is 2.67. The van der Waals surface area contributed by atoms with Crippen LogP contribution >= 0.6 is 0 Å². The van der Waals surface area contributed by atoms with E-state index in [1.54, 1.807) is 7.11 Å². The Morgan fingerprint density at radius 3 is 2.39 bits per heavy atom. The van der Waals surface area contributed by atoms with Crippen molar-refractivity contribution in [3.63, 3.8) is 0 Å². The van der Waals surface area contributed by atoms with Gasteiger partial charge in [-0.05, 0) is 68.0 Å². The van der Waals surface area contributed by atoms with Crippen molar-refractivity contribution < 1.29 is 9.84 Å². The number of aromatic nitrogens is 1. The number of aryl methyl sites for hydroxylation is 1. The molecule has 2 aromatic rings. The molecule has 2 unspecified atom stereocenters. The van der Waals surface area contributed by atoms with Gasteiger partial charge in [0.1, 0.15) is 11.4 Å². The van der Waals surface area contributed by atoms with Crippen molar-refractivity contribution in [3.05, 3.63) is 58.4 Å². The van der Waals surface area contributed by atoms with E-state index in [1.807, 2.05) is 19.2 Å². The molecule has 150 valence electrons. The van der Waals surface area contributed by atoms with E-state index < -0.39 is 5.60 Å². The quantitative estimate of drug-likeness (QED) is 0.866. The molecule has 0 amide bonds. The Morgan fingerprint density at radius 2 is 1.79 bits per heavy atom. The Kier molecular flexibility index (Phi) is 5.19. The molecule has 2 heterocycles. The Hall–Kier alpha value is -1.91. The second-order valence-electron chi connectivity index (χ2n) is 8.74. The molecule has 0 spiro atoms. The van der Waals surface area contributed by atoms with Crippen molar-refractivity contribution in [1.82, 2.24) is 9.88 Å². The first-order valence-corrected chi connectivity index (χ1v) is 10.4. The van der Waals surface area contributed by atoms with Gasteiger partial charge in [-0.3, -0.25) is 9.88 Å². The molecular formula is C24H32N2O2. The number of hydrogen-bond acceptors (Lipinski definition) is 4. The topological polar surface area (TPSA) is 45.6 Å². The number of fused-ring (bicyclic) bond motifs is 2. The van der Waals surface area contributed by atoms with E-state index >= 15 is 0 Å². The zero-order valence-electron chi connectivity index (χ0n) is 17.5. The summed E-state index contributed by atoms with van der Waals surface area (Å²) in [4.78, 5) is 7.16. The van der Waals surface area contributed by atoms with Crippen LogP contribution in [0.1, 0.15) is 47.2 Å². The van der Waals surface area contributed by atoms with E-state index in [9.17, 15) is 5.11 Å². The Labute approximate surface area is 168 Å².